The number of amides is 1. The van der Waals surface area contributed by atoms with Crippen LogP contribution in [0.5, 0.6) is 0 Å². The van der Waals surface area contributed by atoms with Gasteiger partial charge in [0.2, 0.25) is 6.41 Å². The zero-order valence-corrected chi connectivity index (χ0v) is 16.0. The number of nitrogens with two attached hydrogens (primary N) is 1. The SMILES string of the molecule is Cc1ccc(F)c(C(NC=O)C2(C)CCCC2)c1Cl.NC1CCCC1. The van der Waals surface area contributed by atoms with E-state index in [0.29, 0.717) is 23.0 Å². The smallest absolute Gasteiger partial charge is 0.207 e. The molecular formula is C20H30ClFN2O. The van der Waals surface area contributed by atoms with Gasteiger partial charge in [-0.1, -0.05) is 50.3 Å². The first kappa shape index (κ1) is 20.2. The number of carbonyl (C=O) groups excluding carboxylic acids is 1. The molecule has 25 heavy (non-hydrogen) atoms. The molecule has 1 atom stereocenters. The number of halogens is 2. The van der Waals surface area contributed by atoms with Crippen LogP contribution in [0, 0.1) is 18.2 Å². The first-order valence-electron chi connectivity index (χ1n) is 9.29. The highest BCUT2D eigenvalue weighted by Crippen LogP contribution is 2.49. The van der Waals surface area contributed by atoms with Gasteiger partial charge in [0.25, 0.3) is 0 Å². The van der Waals surface area contributed by atoms with Gasteiger partial charge in [-0.2, -0.15) is 0 Å². The summed E-state index contributed by atoms with van der Waals surface area (Å²) in [6, 6.07) is 3.27. The predicted molar refractivity (Wildman–Crippen MR) is 101 cm³/mol. The molecule has 0 radical (unpaired) electrons. The molecular weight excluding hydrogens is 339 g/mol. The zero-order valence-electron chi connectivity index (χ0n) is 15.3. The lowest BCUT2D eigenvalue weighted by molar-refractivity contribution is -0.111. The number of hydrogen-bond acceptors (Lipinski definition) is 2. The number of benzene rings is 1. The Morgan fingerprint density at radius 3 is 2.36 bits per heavy atom. The standard InChI is InChI=1S/C15H19ClFNO.C5H11N/c1-10-5-6-11(17)12(13(10)16)14(18-9-19)15(2)7-3-4-8-15;6-5-3-1-2-4-5/h5-6,9,14H,3-4,7-8H2,1-2H3,(H,18,19);5H,1-4,6H2. The lowest BCUT2D eigenvalue weighted by atomic mass is 9.77. The minimum Gasteiger partial charge on any atom is -0.351 e. The van der Waals surface area contributed by atoms with Crippen molar-refractivity contribution in [2.24, 2.45) is 11.1 Å². The third kappa shape index (κ3) is 4.95. The molecule has 3 rings (SSSR count). The van der Waals surface area contributed by atoms with Gasteiger partial charge >= 0.3 is 0 Å². The summed E-state index contributed by atoms with van der Waals surface area (Å²) in [5.74, 6) is -0.344. The van der Waals surface area contributed by atoms with Crippen LogP contribution in [-0.2, 0) is 4.79 Å². The number of aryl methyl sites for hydroxylation is 1. The highest BCUT2D eigenvalue weighted by molar-refractivity contribution is 6.32. The molecule has 0 bridgehead atoms. The van der Waals surface area contributed by atoms with Crippen LogP contribution in [0.25, 0.3) is 0 Å². The molecule has 3 nitrogen and oxygen atoms in total. The van der Waals surface area contributed by atoms with Crippen molar-refractivity contribution in [2.75, 3.05) is 0 Å². The fraction of sp³-hybridized carbons (Fsp3) is 0.650. The van der Waals surface area contributed by atoms with Crippen LogP contribution in [0.15, 0.2) is 12.1 Å². The number of carbonyl (C=O) groups is 1. The Hall–Kier alpha value is -1.13. The average Bonchev–Trinajstić information content (AvgIpc) is 3.23. The third-order valence-corrected chi connectivity index (χ3v) is 6.19. The summed E-state index contributed by atoms with van der Waals surface area (Å²) in [6.07, 6.45) is 10.1. The van der Waals surface area contributed by atoms with Crippen LogP contribution in [0.1, 0.15) is 75.5 Å². The second-order valence-electron chi connectivity index (χ2n) is 7.72. The minimum absolute atomic E-state index is 0.126. The summed E-state index contributed by atoms with van der Waals surface area (Å²) >= 11 is 6.27. The Morgan fingerprint density at radius 1 is 1.28 bits per heavy atom. The Morgan fingerprint density at radius 2 is 1.88 bits per heavy atom. The van der Waals surface area contributed by atoms with Crippen molar-refractivity contribution in [3.05, 3.63) is 34.1 Å². The molecule has 2 saturated carbocycles. The number of rotatable bonds is 4. The maximum atomic E-state index is 14.2. The van der Waals surface area contributed by atoms with Crippen LogP contribution < -0.4 is 11.1 Å². The van der Waals surface area contributed by atoms with Gasteiger partial charge in [-0.3, -0.25) is 4.79 Å². The van der Waals surface area contributed by atoms with E-state index in [1.54, 1.807) is 6.07 Å². The molecule has 2 aliphatic carbocycles. The predicted octanol–water partition coefficient (Wildman–Crippen LogP) is 5.04. The summed E-state index contributed by atoms with van der Waals surface area (Å²) in [5.41, 5.74) is 6.67. The first-order chi connectivity index (χ1) is 11.9. The van der Waals surface area contributed by atoms with Crippen molar-refractivity contribution >= 4 is 18.0 Å². The van der Waals surface area contributed by atoms with Gasteiger partial charge in [-0.25, -0.2) is 4.39 Å². The van der Waals surface area contributed by atoms with Gasteiger partial charge in [0, 0.05) is 11.6 Å². The summed E-state index contributed by atoms with van der Waals surface area (Å²) in [5, 5.41) is 3.21. The molecule has 1 aromatic carbocycles. The minimum atomic E-state index is -0.361. The normalized spacial score (nSPS) is 20.7. The number of hydrogen-bond donors (Lipinski definition) is 2. The summed E-state index contributed by atoms with van der Waals surface area (Å²) in [7, 11) is 0. The van der Waals surface area contributed by atoms with Crippen molar-refractivity contribution in [2.45, 2.75) is 77.3 Å². The molecule has 0 aliphatic heterocycles. The molecule has 2 fully saturated rings. The topological polar surface area (TPSA) is 55.1 Å². The van der Waals surface area contributed by atoms with E-state index >= 15 is 0 Å². The lowest BCUT2D eigenvalue weighted by Crippen LogP contribution is -2.34. The fourth-order valence-electron chi connectivity index (χ4n) is 4.07. The fourth-order valence-corrected chi connectivity index (χ4v) is 4.34. The zero-order chi connectivity index (χ0) is 18.4. The molecule has 0 spiro atoms. The quantitative estimate of drug-likeness (QED) is 0.731. The van der Waals surface area contributed by atoms with E-state index in [-0.39, 0.29) is 17.3 Å². The lowest BCUT2D eigenvalue weighted by Gasteiger charge is -2.35. The van der Waals surface area contributed by atoms with Gasteiger partial charge in [-0.05, 0) is 49.7 Å². The Labute approximate surface area is 155 Å². The number of nitrogens with one attached hydrogen (secondary N) is 1. The van der Waals surface area contributed by atoms with Crippen molar-refractivity contribution in [1.82, 2.24) is 5.32 Å². The Kier molecular flexibility index (Phi) is 7.26. The van der Waals surface area contributed by atoms with Crippen molar-refractivity contribution < 1.29 is 9.18 Å². The second-order valence-corrected chi connectivity index (χ2v) is 8.09. The van der Waals surface area contributed by atoms with Crippen LogP contribution in [0.2, 0.25) is 5.02 Å². The molecule has 0 aromatic heterocycles. The average molecular weight is 369 g/mol. The molecule has 5 heteroatoms. The van der Waals surface area contributed by atoms with E-state index in [1.165, 1.54) is 31.7 Å². The molecule has 1 unspecified atom stereocenters. The largest absolute Gasteiger partial charge is 0.351 e. The molecule has 0 heterocycles. The summed E-state index contributed by atoms with van der Waals surface area (Å²) in [6.45, 7) is 3.94. The van der Waals surface area contributed by atoms with Gasteiger partial charge in [-0.15, -0.1) is 0 Å². The highest BCUT2D eigenvalue weighted by Gasteiger charge is 2.40. The van der Waals surface area contributed by atoms with Crippen LogP contribution in [0.4, 0.5) is 4.39 Å². The molecule has 1 aromatic rings. The molecule has 140 valence electrons. The van der Waals surface area contributed by atoms with Crippen LogP contribution in [0.3, 0.4) is 0 Å². The highest BCUT2D eigenvalue weighted by atomic mass is 35.5. The second kappa shape index (κ2) is 9.00. The maximum Gasteiger partial charge on any atom is 0.207 e. The van der Waals surface area contributed by atoms with Gasteiger partial charge in [0.05, 0.1) is 11.1 Å². The van der Waals surface area contributed by atoms with Gasteiger partial charge in [0.1, 0.15) is 5.82 Å². The van der Waals surface area contributed by atoms with Gasteiger partial charge in [0.15, 0.2) is 0 Å². The van der Waals surface area contributed by atoms with Crippen molar-refractivity contribution in [3.8, 4) is 0 Å². The van der Waals surface area contributed by atoms with E-state index in [4.69, 9.17) is 17.3 Å². The first-order valence-corrected chi connectivity index (χ1v) is 9.66. The van der Waals surface area contributed by atoms with E-state index in [1.807, 2.05) is 6.92 Å². The summed E-state index contributed by atoms with van der Waals surface area (Å²) in [4.78, 5) is 10.9. The van der Waals surface area contributed by atoms with E-state index < -0.39 is 0 Å². The van der Waals surface area contributed by atoms with E-state index in [0.717, 1.165) is 31.2 Å². The van der Waals surface area contributed by atoms with Crippen molar-refractivity contribution in [3.63, 3.8) is 0 Å². The molecule has 0 saturated heterocycles. The summed E-state index contributed by atoms with van der Waals surface area (Å²) < 4.78 is 14.2. The van der Waals surface area contributed by atoms with E-state index in [9.17, 15) is 9.18 Å². The van der Waals surface area contributed by atoms with Crippen LogP contribution in [-0.4, -0.2) is 12.5 Å². The molecule has 3 N–H and O–H groups in total. The van der Waals surface area contributed by atoms with Crippen molar-refractivity contribution in [1.29, 1.82) is 0 Å². The monoisotopic (exact) mass is 368 g/mol. The Bertz CT molecular complexity index is 581. The Balaban J connectivity index is 0.000000316. The van der Waals surface area contributed by atoms with Gasteiger partial charge < -0.3 is 11.1 Å². The van der Waals surface area contributed by atoms with Crippen LogP contribution >= 0.6 is 11.6 Å². The molecule has 1 amide bonds. The molecule has 2 aliphatic rings. The van der Waals surface area contributed by atoms with E-state index in [2.05, 4.69) is 12.2 Å². The third-order valence-electron chi connectivity index (χ3n) is 5.69. The maximum absolute atomic E-state index is 14.2.